The van der Waals surface area contributed by atoms with Gasteiger partial charge in [-0.05, 0) is 53.4 Å². The molecule has 0 amide bonds. The number of benzene rings is 3. The highest BCUT2D eigenvalue weighted by molar-refractivity contribution is 6.00. The van der Waals surface area contributed by atoms with Gasteiger partial charge in [-0.15, -0.1) is 0 Å². The van der Waals surface area contributed by atoms with Crippen molar-refractivity contribution in [2.24, 2.45) is 0 Å². The van der Waals surface area contributed by atoms with Crippen LogP contribution in [0.25, 0.3) is 0 Å². The van der Waals surface area contributed by atoms with E-state index in [-0.39, 0.29) is 24.1 Å². The van der Waals surface area contributed by atoms with Crippen LogP contribution in [0.15, 0.2) is 60.7 Å². The van der Waals surface area contributed by atoms with E-state index in [0.717, 1.165) is 16.7 Å². The lowest BCUT2D eigenvalue weighted by Crippen LogP contribution is -2.22. The lowest BCUT2D eigenvalue weighted by atomic mass is 9.90. The summed E-state index contributed by atoms with van der Waals surface area (Å²) in [6.07, 6.45) is -0.185. The van der Waals surface area contributed by atoms with E-state index in [9.17, 15) is 9.59 Å². The van der Waals surface area contributed by atoms with Crippen molar-refractivity contribution in [2.45, 2.75) is 38.9 Å². The van der Waals surface area contributed by atoms with Gasteiger partial charge in [0.1, 0.15) is 24.2 Å². The third-order valence-electron chi connectivity index (χ3n) is 5.85. The first kappa shape index (κ1) is 23.1. The molecule has 172 valence electrons. The molecule has 1 aliphatic heterocycles. The fourth-order valence-corrected chi connectivity index (χ4v) is 4.04. The summed E-state index contributed by atoms with van der Waals surface area (Å²) in [4.78, 5) is 24.6. The fraction of sp³-hybridized carbons (Fsp3) is 0.250. The fourth-order valence-electron chi connectivity index (χ4n) is 4.04. The number of nitriles is 1. The number of hydrogen-bond acceptors (Lipinski definition) is 6. The van der Waals surface area contributed by atoms with E-state index >= 15 is 0 Å². The molecule has 3 aromatic carbocycles. The Hall–Kier alpha value is -4.11. The molecule has 0 aliphatic carbocycles. The molecule has 0 spiro atoms. The van der Waals surface area contributed by atoms with Crippen molar-refractivity contribution < 1.29 is 23.8 Å². The molecule has 0 N–H and O–H groups in total. The van der Waals surface area contributed by atoms with E-state index in [1.807, 2.05) is 44.2 Å². The van der Waals surface area contributed by atoms with Gasteiger partial charge in [0, 0.05) is 5.56 Å². The highest BCUT2D eigenvalue weighted by atomic mass is 16.5. The molecular weight excluding hydrogens is 430 g/mol. The molecule has 6 heteroatoms. The summed E-state index contributed by atoms with van der Waals surface area (Å²) in [6, 6.07) is 19.8. The molecule has 0 fully saturated rings. The van der Waals surface area contributed by atoms with Crippen LogP contribution in [-0.2, 0) is 11.3 Å². The minimum Gasteiger partial charge on any atom is -0.488 e. The molecule has 4 rings (SSSR count). The number of Topliss-reactive ketones (excluding diaryl/α,β-unsaturated/α-hetero) is 1. The third-order valence-corrected chi connectivity index (χ3v) is 5.85. The number of ether oxygens (including phenoxy) is 3. The first-order chi connectivity index (χ1) is 16.4. The van der Waals surface area contributed by atoms with E-state index < -0.39 is 6.10 Å². The maximum atomic E-state index is 13.0. The Kier molecular flexibility index (Phi) is 6.65. The van der Waals surface area contributed by atoms with Gasteiger partial charge in [-0.1, -0.05) is 38.1 Å². The number of hydrogen-bond donors (Lipinski definition) is 0. The molecule has 34 heavy (non-hydrogen) atoms. The van der Waals surface area contributed by atoms with Crippen LogP contribution in [0.1, 0.15) is 75.3 Å². The normalized spacial score (nSPS) is 14.7. The van der Waals surface area contributed by atoms with E-state index in [2.05, 4.69) is 6.07 Å². The number of nitrogens with zero attached hydrogens (tertiary/aromatic N) is 1. The molecule has 0 radical (unpaired) electrons. The Morgan fingerprint density at radius 2 is 1.79 bits per heavy atom. The second-order valence-electron chi connectivity index (χ2n) is 8.45. The van der Waals surface area contributed by atoms with Crippen LogP contribution in [0.3, 0.4) is 0 Å². The highest BCUT2D eigenvalue weighted by Crippen LogP contribution is 2.44. The Morgan fingerprint density at radius 1 is 1.09 bits per heavy atom. The lowest BCUT2D eigenvalue weighted by Gasteiger charge is -2.29. The van der Waals surface area contributed by atoms with Crippen LogP contribution in [0.5, 0.6) is 11.5 Å². The number of carbonyl (C=O) groups is 2. The molecule has 3 aromatic rings. The summed E-state index contributed by atoms with van der Waals surface area (Å²) >= 11 is 0. The zero-order valence-corrected chi connectivity index (χ0v) is 19.3. The van der Waals surface area contributed by atoms with Crippen LogP contribution in [0, 0.1) is 11.3 Å². The van der Waals surface area contributed by atoms with Crippen molar-refractivity contribution in [2.75, 3.05) is 7.11 Å². The maximum Gasteiger partial charge on any atom is 0.337 e. The predicted molar refractivity (Wildman–Crippen MR) is 126 cm³/mol. The first-order valence-electron chi connectivity index (χ1n) is 11.1. The van der Waals surface area contributed by atoms with Gasteiger partial charge >= 0.3 is 5.97 Å². The monoisotopic (exact) mass is 455 g/mol. The van der Waals surface area contributed by atoms with Crippen LogP contribution in [-0.4, -0.2) is 18.9 Å². The van der Waals surface area contributed by atoms with Crippen molar-refractivity contribution in [1.29, 1.82) is 5.26 Å². The van der Waals surface area contributed by atoms with Gasteiger partial charge in [-0.2, -0.15) is 5.26 Å². The Labute approximate surface area is 198 Å². The van der Waals surface area contributed by atoms with Gasteiger partial charge in [0.2, 0.25) is 0 Å². The third kappa shape index (κ3) is 4.65. The topological polar surface area (TPSA) is 85.6 Å². The zero-order valence-electron chi connectivity index (χ0n) is 19.3. The number of rotatable bonds is 6. The number of methoxy groups -OCH3 is 1. The number of carbonyl (C=O) groups excluding carboxylic acids is 2. The Morgan fingerprint density at radius 3 is 2.41 bits per heavy atom. The van der Waals surface area contributed by atoms with Gasteiger partial charge < -0.3 is 14.2 Å². The average Bonchev–Trinajstić information content (AvgIpc) is 2.86. The van der Waals surface area contributed by atoms with Gasteiger partial charge in [0.05, 0.1) is 36.3 Å². The minimum absolute atomic E-state index is 0.0162. The standard InChI is InChI=1S/C28H25NO5/c1-17(2)26-24(33-16-19-6-10-21(11-7-19)28(31)32-3)13-12-22-23(30)14-25(34-27(22)26)20-8-4-18(15-29)5-9-20/h4-13,17,25H,14,16H2,1-3H3. The first-order valence-corrected chi connectivity index (χ1v) is 11.1. The lowest BCUT2D eigenvalue weighted by molar-refractivity contribution is 0.0600. The summed E-state index contributed by atoms with van der Waals surface area (Å²) in [5.41, 5.74) is 4.18. The van der Waals surface area contributed by atoms with Crippen molar-refractivity contribution in [3.05, 3.63) is 94.0 Å². The predicted octanol–water partition coefficient (Wildman–Crippen LogP) is 5.75. The number of fused-ring (bicyclic) bond motifs is 1. The summed E-state index contributed by atoms with van der Waals surface area (Å²) in [5, 5.41) is 9.05. The van der Waals surface area contributed by atoms with E-state index in [4.69, 9.17) is 19.5 Å². The minimum atomic E-state index is -0.425. The summed E-state index contributed by atoms with van der Waals surface area (Å²) < 4.78 is 17.2. The molecular formula is C28H25NO5. The van der Waals surface area contributed by atoms with Crippen molar-refractivity contribution in [3.8, 4) is 17.6 Å². The Bertz CT molecular complexity index is 1250. The van der Waals surface area contributed by atoms with E-state index in [1.54, 1.807) is 30.3 Å². The SMILES string of the molecule is COC(=O)c1ccc(COc2ccc3c(c2C(C)C)OC(c2ccc(C#N)cc2)CC3=O)cc1. The van der Waals surface area contributed by atoms with Crippen molar-refractivity contribution in [1.82, 2.24) is 0 Å². The average molecular weight is 456 g/mol. The molecule has 0 saturated carbocycles. The number of esters is 1. The quantitative estimate of drug-likeness (QED) is 0.440. The van der Waals surface area contributed by atoms with E-state index in [0.29, 0.717) is 34.8 Å². The van der Waals surface area contributed by atoms with Crippen LogP contribution in [0.4, 0.5) is 0 Å². The van der Waals surface area contributed by atoms with Gasteiger partial charge in [0.15, 0.2) is 5.78 Å². The van der Waals surface area contributed by atoms with Crippen LogP contribution < -0.4 is 9.47 Å². The van der Waals surface area contributed by atoms with E-state index in [1.165, 1.54) is 7.11 Å². The van der Waals surface area contributed by atoms with Crippen molar-refractivity contribution >= 4 is 11.8 Å². The molecule has 1 atom stereocenters. The Balaban J connectivity index is 1.60. The second-order valence-corrected chi connectivity index (χ2v) is 8.45. The van der Waals surface area contributed by atoms with Crippen LogP contribution in [0.2, 0.25) is 0 Å². The molecule has 1 unspecified atom stereocenters. The zero-order chi connectivity index (χ0) is 24.2. The largest absolute Gasteiger partial charge is 0.488 e. The van der Waals surface area contributed by atoms with Gasteiger partial charge in [0.25, 0.3) is 0 Å². The molecule has 1 heterocycles. The molecule has 6 nitrogen and oxygen atoms in total. The molecule has 0 bridgehead atoms. The summed E-state index contributed by atoms with van der Waals surface area (Å²) in [6.45, 7) is 4.37. The number of ketones is 1. The summed E-state index contributed by atoms with van der Waals surface area (Å²) in [5.74, 6) is 0.891. The summed E-state index contributed by atoms with van der Waals surface area (Å²) in [7, 11) is 1.35. The van der Waals surface area contributed by atoms with Gasteiger partial charge in [-0.25, -0.2) is 4.79 Å². The molecule has 0 saturated heterocycles. The van der Waals surface area contributed by atoms with Crippen LogP contribution >= 0.6 is 0 Å². The smallest absolute Gasteiger partial charge is 0.337 e. The van der Waals surface area contributed by atoms with Gasteiger partial charge in [-0.3, -0.25) is 4.79 Å². The second kappa shape index (κ2) is 9.80. The highest BCUT2D eigenvalue weighted by Gasteiger charge is 2.32. The molecule has 0 aromatic heterocycles. The molecule has 1 aliphatic rings. The maximum absolute atomic E-state index is 13.0. The van der Waals surface area contributed by atoms with Crippen molar-refractivity contribution in [3.63, 3.8) is 0 Å².